The third-order valence-corrected chi connectivity index (χ3v) is 3.43. The SMILES string of the molecule is C[C@H](NC(=O)CC1CNC1)c1ccccc1Cl. The lowest BCUT2D eigenvalue weighted by Gasteiger charge is -2.27. The summed E-state index contributed by atoms with van der Waals surface area (Å²) in [5.41, 5.74) is 0.967. The first-order valence-corrected chi connectivity index (χ1v) is 6.29. The van der Waals surface area contributed by atoms with E-state index < -0.39 is 0 Å². The van der Waals surface area contributed by atoms with Crippen LogP contribution in [0.5, 0.6) is 0 Å². The van der Waals surface area contributed by atoms with E-state index in [9.17, 15) is 4.79 Å². The average molecular weight is 253 g/mol. The van der Waals surface area contributed by atoms with Gasteiger partial charge in [-0.25, -0.2) is 0 Å². The number of rotatable bonds is 4. The zero-order valence-electron chi connectivity index (χ0n) is 9.87. The second-order valence-electron chi connectivity index (χ2n) is 4.54. The van der Waals surface area contributed by atoms with Crippen LogP contribution in [0.15, 0.2) is 24.3 Å². The molecule has 0 aromatic heterocycles. The quantitative estimate of drug-likeness (QED) is 0.862. The van der Waals surface area contributed by atoms with Crippen LogP contribution in [0.4, 0.5) is 0 Å². The highest BCUT2D eigenvalue weighted by molar-refractivity contribution is 6.31. The first kappa shape index (κ1) is 12.4. The van der Waals surface area contributed by atoms with Crippen molar-refractivity contribution in [1.82, 2.24) is 10.6 Å². The van der Waals surface area contributed by atoms with Crippen molar-refractivity contribution in [3.8, 4) is 0 Å². The van der Waals surface area contributed by atoms with Crippen LogP contribution in [0.2, 0.25) is 5.02 Å². The monoisotopic (exact) mass is 252 g/mol. The number of carbonyl (C=O) groups is 1. The number of hydrogen-bond donors (Lipinski definition) is 2. The molecular weight excluding hydrogens is 236 g/mol. The Balaban J connectivity index is 1.89. The van der Waals surface area contributed by atoms with Gasteiger partial charge in [-0.2, -0.15) is 0 Å². The highest BCUT2D eigenvalue weighted by Gasteiger charge is 2.21. The Labute approximate surface area is 107 Å². The van der Waals surface area contributed by atoms with Gasteiger partial charge in [-0.3, -0.25) is 4.79 Å². The fourth-order valence-electron chi connectivity index (χ4n) is 1.96. The lowest BCUT2D eigenvalue weighted by molar-refractivity contribution is -0.123. The zero-order chi connectivity index (χ0) is 12.3. The van der Waals surface area contributed by atoms with Crippen molar-refractivity contribution in [2.75, 3.05) is 13.1 Å². The minimum absolute atomic E-state index is 0.0377. The predicted molar refractivity (Wildman–Crippen MR) is 69.0 cm³/mol. The number of carbonyl (C=O) groups excluding carboxylic acids is 1. The van der Waals surface area contributed by atoms with Crippen LogP contribution >= 0.6 is 11.6 Å². The molecule has 0 unspecified atom stereocenters. The lowest BCUT2D eigenvalue weighted by Crippen LogP contribution is -2.44. The Morgan fingerprint density at radius 3 is 2.82 bits per heavy atom. The van der Waals surface area contributed by atoms with Gasteiger partial charge in [0.05, 0.1) is 6.04 Å². The number of nitrogens with one attached hydrogen (secondary N) is 2. The highest BCUT2D eigenvalue weighted by Crippen LogP contribution is 2.22. The van der Waals surface area contributed by atoms with Crippen molar-refractivity contribution in [3.05, 3.63) is 34.9 Å². The normalized spacial score (nSPS) is 17.3. The molecule has 1 aromatic rings. The summed E-state index contributed by atoms with van der Waals surface area (Å²) in [5, 5.41) is 6.84. The van der Waals surface area contributed by atoms with Gasteiger partial charge in [0.2, 0.25) is 5.91 Å². The molecule has 2 N–H and O–H groups in total. The summed E-state index contributed by atoms with van der Waals surface area (Å²) in [6, 6.07) is 7.57. The Kier molecular flexibility index (Phi) is 4.02. The smallest absolute Gasteiger partial charge is 0.220 e. The van der Waals surface area contributed by atoms with E-state index in [2.05, 4.69) is 10.6 Å². The minimum atomic E-state index is -0.0377. The molecule has 0 saturated carbocycles. The van der Waals surface area contributed by atoms with Gasteiger partial charge < -0.3 is 10.6 Å². The van der Waals surface area contributed by atoms with E-state index in [1.54, 1.807) is 0 Å². The molecule has 4 heteroatoms. The maximum absolute atomic E-state index is 11.8. The van der Waals surface area contributed by atoms with Crippen LogP contribution in [-0.2, 0) is 4.79 Å². The Bertz CT molecular complexity index is 404. The molecule has 0 bridgehead atoms. The molecule has 1 atom stereocenters. The standard InChI is InChI=1S/C13H17ClN2O/c1-9(11-4-2-3-5-12(11)14)16-13(17)6-10-7-15-8-10/h2-5,9-10,15H,6-8H2,1H3,(H,16,17)/t9-/m0/s1. The van der Waals surface area contributed by atoms with Gasteiger partial charge in [-0.1, -0.05) is 29.8 Å². The molecule has 1 fully saturated rings. The van der Waals surface area contributed by atoms with E-state index in [1.807, 2.05) is 31.2 Å². The molecule has 2 rings (SSSR count). The molecular formula is C13H17ClN2O. The fraction of sp³-hybridized carbons (Fsp3) is 0.462. The Morgan fingerprint density at radius 2 is 2.24 bits per heavy atom. The summed E-state index contributed by atoms with van der Waals surface area (Å²) in [6.45, 7) is 3.86. The molecule has 0 spiro atoms. The molecule has 1 saturated heterocycles. The number of hydrogen-bond acceptors (Lipinski definition) is 2. The van der Waals surface area contributed by atoms with Crippen LogP contribution in [-0.4, -0.2) is 19.0 Å². The molecule has 1 aliphatic rings. The van der Waals surface area contributed by atoms with Crippen molar-refractivity contribution >= 4 is 17.5 Å². The van der Waals surface area contributed by atoms with Gasteiger partial charge >= 0.3 is 0 Å². The van der Waals surface area contributed by atoms with E-state index >= 15 is 0 Å². The second-order valence-corrected chi connectivity index (χ2v) is 4.95. The highest BCUT2D eigenvalue weighted by atomic mass is 35.5. The van der Waals surface area contributed by atoms with Crippen molar-refractivity contribution in [3.63, 3.8) is 0 Å². The van der Waals surface area contributed by atoms with Crippen LogP contribution in [0.3, 0.4) is 0 Å². The van der Waals surface area contributed by atoms with Gasteiger partial charge in [0.15, 0.2) is 0 Å². The van der Waals surface area contributed by atoms with E-state index in [-0.39, 0.29) is 11.9 Å². The maximum Gasteiger partial charge on any atom is 0.220 e. The molecule has 3 nitrogen and oxygen atoms in total. The zero-order valence-corrected chi connectivity index (χ0v) is 10.6. The van der Waals surface area contributed by atoms with Crippen LogP contribution < -0.4 is 10.6 Å². The van der Waals surface area contributed by atoms with Gasteiger partial charge in [-0.05, 0) is 37.6 Å². The van der Waals surface area contributed by atoms with Gasteiger partial charge in [0, 0.05) is 11.4 Å². The third-order valence-electron chi connectivity index (χ3n) is 3.09. The largest absolute Gasteiger partial charge is 0.350 e. The number of amides is 1. The minimum Gasteiger partial charge on any atom is -0.350 e. The van der Waals surface area contributed by atoms with Crippen LogP contribution in [0, 0.1) is 5.92 Å². The molecule has 0 aliphatic carbocycles. The molecule has 1 amide bonds. The summed E-state index contributed by atoms with van der Waals surface area (Å²) < 4.78 is 0. The van der Waals surface area contributed by atoms with Crippen molar-refractivity contribution < 1.29 is 4.79 Å². The van der Waals surface area contributed by atoms with Crippen LogP contribution in [0.1, 0.15) is 24.9 Å². The molecule has 1 heterocycles. The molecule has 92 valence electrons. The topological polar surface area (TPSA) is 41.1 Å². The van der Waals surface area contributed by atoms with Crippen molar-refractivity contribution in [2.45, 2.75) is 19.4 Å². The summed E-state index contributed by atoms with van der Waals surface area (Å²) in [7, 11) is 0. The summed E-state index contributed by atoms with van der Waals surface area (Å²) >= 11 is 6.09. The van der Waals surface area contributed by atoms with Gasteiger partial charge in [-0.15, -0.1) is 0 Å². The fourth-order valence-corrected chi connectivity index (χ4v) is 2.26. The first-order chi connectivity index (χ1) is 8.16. The van der Waals surface area contributed by atoms with E-state index in [0.717, 1.165) is 18.7 Å². The van der Waals surface area contributed by atoms with Gasteiger partial charge in [0.25, 0.3) is 0 Å². The maximum atomic E-state index is 11.8. The van der Waals surface area contributed by atoms with Crippen molar-refractivity contribution in [1.29, 1.82) is 0 Å². The third kappa shape index (κ3) is 3.20. The summed E-state index contributed by atoms with van der Waals surface area (Å²) in [6.07, 6.45) is 0.599. The van der Waals surface area contributed by atoms with E-state index in [0.29, 0.717) is 17.4 Å². The molecule has 17 heavy (non-hydrogen) atoms. The second kappa shape index (κ2) is 5.52. The van der Waals surface area contributed by atoms with Gasteiger partial charge in [0.1, 0.15) is 0 Å². The molecule has 0 radical (unpaired) electrons. The Hall–Kier alpha value is -1.06. The Morgan fingerprint density at radius 1 is 1.53 bits per heavy atom. The van der Waals surface area contributed by atoms with E-state index in [1.165, 1.54) is 0 Å². The number of benzene rings is 1. The molecule has 1 aliphatic heterocycles. The number of halogens is 1. The predicted octanol–water partition coefficient (Wildman–Crippen LogP) is 2.13. The van der Waals surface area contributed by atoms with Crippen molar-refractivity contribution in [2.24, 2.45) is 5.92 Å². The average Bonchev–Trinajstić information content (AvgIpc) is 2.24. The summed E-state index contributed by atoms with van der Waals surface area (Å²) in [5.74, 6) is 0.595. The van der Waals surface area contributed by atoms with Crippen LogP contribution in [0.25, 0.3) is 0 Å². The summed E-state index contributed by atoms with van der Waals surface area (Å²) in [4.78, 5) is 11.8. The first-order valence-electron chi connectivity index (χ1n) is 5.91. The van der Waals surface area contributed by atoms with E-state index in [4.69, 9.17) is 11.6 Å². The molecule has 1 aromatic carbocycles. The lowest BCUT2D eigenvalue weighted by atomic mass is 9.98.